The van der Waals surface area contributed by atoms with E-state index in [0.29, 0.717) is 11.6 Å². The lowest BCUT2D eigenvalue weighted by Crippen LogP contribution is -2.08. The van der Waals surface area contributed by atoms with Gasteiger partial charge >= 0.3 is 0 Å². The third-order valence-electron chi connectivity index (χ3n) is 2.03. The maximum atomic E-state index is 5.55. The Bertz CT molecular complexity index is 482. The summed E-state index contributed by atoms with van der Waals surface area (Å²) in [6, 6.07) is 0.106. The number of rotatable bonds is 3. The first-order chi connectivity index (χ1) is 7.65. The zero-order valence-corrected chi connectivity index (χ0v) is 9.95. The highest BCUT2D eigenvalue weighted by Crippen LogP contribution is 2.22. The van der Waals surface area contributed by atoms with Crippen molar-refractivity contribution in [2.45, 2.75) is 19.9 Å². The highest BCUT2D eigenvalue weighted by molar-refractivity contribution is 7.11. The van der Waals surface area contributed by atoms with Crippen molar-refractivity contribution in [2.75, 3.05) is 11.1 Å². The summed E-state index contributed by atoms with van der Waals surface area (Å²) >= 11 is 1.67. The molecular weight excluding hydrogens is 222 g/mol. The highest BCUT2D eigenvalue weighted by Gasteiger charge is 2.09. The lowest BCUT2D eigenvalue weighted by atomic mass is 10.3. The van der Waals surface area contributed by atoms with Gasteiger partial charge in [0.2, 0.25) is 0 Å². The van der Waals surface area contributed by atoms with E-state index in [9.17, 15) is 0 Å². The number of nitrogen functional groups attached to an aromatic ring is 1. The molecule has 3 N–H and O–H groups in total. The van der Waals surface area contributed by atoms with Gasteiger partial charge in [0.25, 0.3) is 0 Å². The van der Waals surface area contributed by atoms with Gasteiger partial charge in [0.1, 0.15) is 16.6 Å². The summed E-state index contributed by atoms with van der Waals surface area (Å²) in [5.74, 6) is 1.08. The monoisotopic (exact) mass is 235 g/mol. The van der Waals surface area contributed by atoms with Crippen molar-refractivity contribution in [2.24, 2.45) is 0 Å². The van der Waals surface area contributed by atoms with Crippen LogP contribution < -0.4 is 11.1 Å². The van der Waals surface area contributed by atoms with Crippen LogP contribution in [0.25, 0.3) is 0 Å². The van der Waals surface area contributed by atoms with Gasteiger partial charge in [0.05, 0.1) is 18.4 Å². The fourth-order valence-electron chi connectivity index (χ4n) is 1.31. The Balaban J connectivity index is 2.10. The first-order valence-corrected chi connectivity index (χ1v) is 5.73. The summed E-state index contributed by atoms with van der Waals surface area (Å²) < 4.78 is 0. The maximum Gasteiger partial charge on any atom is 0.147 e. The van der Waals surface area contributed by atoms with Gasteiger partial charge in [-0.3, -0.25) is 4.98 Å². The molecule has 0 bridgehead atoms. The largest absolute Gasteiger partial charge is 0.382 e. The van der Waals surface area contributed by atoms with Crippen LogP contribution in [0, 0.1) is 6.92 Å². The molecule has 2 aromatic heterocycles. The second kappa shape index (κ2) is 4.44. The second-order valence-electron chi connectivity index (χ2n) is 3.50. The fourth-order valence-corrected chi connectivity index (χ4v) is 2.08. The number of thiazole rings is 1. The molecule has 5 nitrogen and oxygen atoms in total. The first kappa shape index (κ1) is 10.8. The Labute approximate surface area is 97.8 Å². The third-order valence-corrected chi connectivity index (χ3v) is 3.12. The summed E-state index contributed by atoms with van der Waals surface area (Å²) in [6.07, 6.45) is 5.03. The Morgan fingerprint density at radius 1 is 1.38 bits per heavy atom. The number of hydrogen-bond acceptors (Lipinski definition) is 6. The molecule has 0 aliphatic rings. The van der Waals surface area contributed by atoms with Gasteiger partial charge in [-0.25, -0.2) is 9.97 Å². The molecule has 1 unspecified atom stereocenters. The summed E-state index contributed by atoms with van der Waals surface area (Å²) in [6.45, 7) is 4.07. The molecule has 0 fully saturated rings. The Kier molecular flexibility index (Phi) is 3.00. The van der Waals surface area contributed by atoms with Gasteiger partial charge in [0.15, 0.2) is 0 Å². The minimum absolute atomic E-state index is 0.106. The Hall–Kier alpha value is -1.69. The quantitative estimate of drug-likeness (QED) is 0.850. The Morgan fingerprint density at radius 3 is 2.81 bits per heavy atom. The number of nitrogens with two attached hydrogens (primary N) is 1. The molecule has 2 heterocycles. The van der Waals surface area contributed by atoms with Crippen molar-refractivity contribution in [3.8, 4) is 0 Å². The SMILES string of the molecule is Cc1cnc(C(C)Nc2cncc(N)n2)s1. The minimum Gasteiger partial charge on any atom is -0.382 e. The second-order valence-corrected chi connectivity index (χ2v) is 4.77. The third kappa shape index (κ3) is 2.46. The van der Waals surface area contributed by atoms with Crippen LogP contribution in [-0.2, 0) is 0 Å². The van der Waals surface area contributed by atoms with E-state index < -0.39 is 0 Å². The van der Waals surface area contributed by atoms with E-state index in [1.165, 1.54) is 11.1 Å². The first-order valence-electron chi connectivity index (χ1n) is 4.91. The zero-order valence-electron chi connectivity index (χ0n) is 9.14. The van der Waals surface area contributed by atoms with E-state index in [1.54, 1.807) is 17.5 Å². The van der Waals surface area contributed by atoms with Crippen LogP contribution in [0.5, 0.6) is 0 Å². The highest BCUT2D eigenvalue weighted by atomic mass is 32.1. The molecule has 0 spiro atoms. The number of aryl methyl sites for hydroxylation is 1. The van der Waals surface area contributed by atoms with Crippen LogP contribution in [0.15, 0.2) is 18.6 Å². The molecule has 2 aromatic rings. The van der Waals surface area contributed by atoms with Crippen LogP contribution in [0.1, 0.15) is 22.9 Å². The van der Waals surface area contributed by atoms with Crippen molar-refractivity contribution in [1.29, 1.82) is 0 Å². The number of nitrogens with zero attached hydrogens (tertiary/aromatic N) is 3. The van der Waals surface area contributed by atoms with Crippen molar-refractivity contribution in [3.63, 3.8) is 0 Å². The molecule has 0 aromatic carbocycles. The normalized spacial score (nSPS) is 12.4. The Morgan fingerprint density at radius 2 is 2.19 bits per heavy atom. The molecule has 0 aliphatic heterocycles. The van der Waals surface area contributed by atoms with Crippen molar-refractivity contribution < 1.29 is 0 Å². The lowest BCUT2D eigenvalue weighted by molar-refractivity contribution is 0.858. The summed E-state index contributed by atoms with van der Waals surface area (Å²) in [5.41, 5.74) is 5.55. The van der Waals surface area contributed by atoms with Gasteiger partial charge in [-0.15, -0.1) is 11.3 Å². The predicted octanol–water partition coefficient (Wildman–Crippen LogP) is 2.00. The molecule has 1 atom stereocenters. The van der Waals surface area contributed by atoms with Crippen molar-refractivity contribution in [1.82, 2.24) is 15.0 Å². The van der Waals surface area contributed by atoms with Crippen LogP contribution >= 0.6 is 11.3 Å². The summed E-state index contributed by atoms with van der Waals surface area (Å²) in [7, 11) is 0. The van der Waals surface area contributed by atoms with E-state index in [4.69, 9.17) is 5.73 Å². The topological polar surface area (TPSA) is 76.7 Å². The van der Waals surface area contributed by atoms with E-state index in [1.807, 2.05) is 20.0 Å². The molecule has 0 radical (unpaired) electrons. The van der Waals surface area contributed by atoms with Gasteiger partial charge in [0, 0.05) is 11.1 Å². The van der Waals surface area contributed by atoms with Crippen LogP contribution in [0.3, 0.4) is 0 Å². The molecule has 2 rings (SSSR count). The minimum atomic E-state index is 0.106. The van der Waals surface area contributed by atoms with Gasteiger partial charge in [-0.05, 0) is 13.8 Å². The zero-order chi connectivity index (χ0) is 11.5. The van der Waals surface area contributed by atoms with Crippen molar-refractivity contribution >= 4 is 23.0 Å². The smallest absolute Gasteiger partial charge is 0.147 e. The maximum absolute atomic E-state index is 5.55. The molecule has 0 amide bonds. The van der Waals surface area contributed by atoms with E-state index >= 15 is 0 Å². The average molecular weight is 235 g/mol. The van der Waals surface area contributed by atoms with E-state index in [-0.39, 0.29) is 6.04 Å². The van der Waals surface area contributed by atoms with Gasteiger partial charge in [-0.1, -0.05) is 0 Å². The average Bonchev–Trinajstić information content (AvgIpc) is 2.65. The number of nitrogens with one attached hydrogen (secondary N) is 1. The number of aromatic nitrogens is 3. The summed E-state index contributed by atoms with van der Waals surface area (Å²) in [5, 5.41) is 4.24. The molecule has 16 heavy (non-hydrogen) atoms. The van der Waals surface area contributed by atoms with Crippen molar-refractivity contribution in [3.05, 3.63) is 28.5 Å². The van der Waals surface area contributed by atoms with Crippen LogP contribution in [-0.4, -0.2) is 15.0 Å². The predicted molar refractivity (Wildman–Crippen MR) is 65.3 cm³/mol. The number of hydrogen-bond donors (Lipinski definition) is 2. The van der Waals surface area contributed by atoms with Gasteiger partial charge < -0.3 is 11.1 Å². The fraction of sp³-hybridized carbons (Fsp3) is 0.300. The van der Waals surface area contributed by atoms with E-state index in [2.05, 4.69) is 20.3 Å². The summed E-state index contributed by atoms with van der Waals surface area (Å²) in [4.78, 5) is 13.6. The van der Waals surface area contributed by atoms with Gasteiger partial charge in [-0.2, -0.15) is 0 Å². The molecular formula is C10H13N5S. The molecule has 0 saturated heterocycles. The molecule has 0 saturated carbocycles. The lowest BCUT2D eigenvalue weighted by Gasteiger charge is -2.11. The molecule has 6 heteroatoms. The molecule has 0 aliphatic carbocycles. The number of anilines is 2. The van der Waals surface area contributed by atoms with Crippen LogP contribution in [0.4, 0.5) is 11.6 Å². The van der Waals surface area contributed by atoms with Crippen LogP contribution in [0.2, 0.25) is 0 Å². The van der Waals surface area contributed by atoms with E-state index in [0.717, 1.165) is 5.01 Å². The molecule has 84 valence electrons. The standard InChI is InChI=1S/C10H13N5S/c1-6-3-13-10(16-6)7(2)14-9-5-12-4-8(11)15-9/h3-5,7H,1-2H3,(H3,11,14,15).